The lowest BCUT2D eigenvalue weighted by Gasteiger charge is -2.05. The maximum Gasteiger partial charge on any atom is 0.255 e. The Hall–Kier alpha value is -2.54. The summed E-state index contributed by atoms with van der Waals surface area (Å²) in [6, 6.07) is 9.29. The monoisotopic (exact) mass is 239 g/mol. The van der Waals surface area contributed by atoms with E-state index in [2.05, 4.69) is 16.3 Å². The highest BCUT2D eigenvalue weighted by Crippen LogP contribution is 2.07. The van der Waals surface area contributed by atoms with E-state index >= 15 is 0 Å². The average molecular weight is 239 g/mol. The lowest BCUT2D eigenvalue weighted by Crippen LogP contribution is -2.30. The summed E-state index contributed by atoms with van der Waals surface area (Å²) in [6.07, 6.45) is 8.40. The van der Waals surface area contributed by atoms with Gasteiger partial charge in [-0.15, -0.1) is 6.42 Å². The maximum absolute atomic E-state index is 11.8. The summed E-state index contributed by atoms with van der Waals surface area (Å²) in [7, 11) is 0. The van der Waals surface area contributed by atoms with Crippen LogP contribution in [-0.2, 0) is 0 Å². The predicted octanol–water partition coefficient (Wildman–Crippen LogP) is 1.62. The van der Waals surface area contributed by atoms with Crippen LogP contribution < -0.4 is 5.32 Å². The Morgan fingerprint density at radius 1 is 1.44 bits per heavy atom. The number of aromatic nitrogens is 2. The van der Waals surface area contributed by atoms with Gasteiger partial charge in [0.25, 0.3) is 5.91 Å². The molecule has 1 atom stereocenters. The van der Waals surface area contributed by atoms with Crippen molar-refractivity contribution < 1.29 is 4.79 Å². The third kappa shape index (κ3) is 2.58. The van der Waals surface area contributed by atoms with E-state index in [-0.39, 0.29) is 11.9 Å². The van der Waals surface area contributed by atoms with Crippen LogP contribution >= 0.6 is 0 Å². The van der Waals surface area contributed by atoms with Crippen molar-refractivity contribution in [1.82, 2.24) is 15.1 Å². The standard InChI is InChI=1S/C14H13N3O/c1-3-11(2)16-14(18)12-9-15-17(10-12)13-7-5-4-6-8-13/h1,4-11H,2H3,(H,16,18). The van der Waals surface area contributed by atoms with E-state index in [0.29, 0.717) is 5.56 Å². The van der Waals surface area contributed by atoms with Gasteiger partial charge in [0, 0.05) is 6.20 Å². The van der Waals surface area contributed by atoms with Gasteiger partial charge in [0.05, 0.1) is 23.5 Å². The van der Waals surface area contributed by atoms with Crippen molar-refractivity contribution in [2.75, 3.05) is 0 Å². The molecule has 1 aromatic carbocycles. The van der Waals surface area contributed by atoms with Crippen LogP contribution in [0.4, 0.5) is 0 Å². The molecule has 1 N–H and O–H groups in total. The minimum Gasteiger partial charge on any atom is -0.339 e. The summed E-state index contributed by atoms with van der Waals surface area (Å²) in [5, 5.41) is 6.83. The van der Waals surface area contributed by atoms with Gasteiger partial charge in [-0.3, -0.25) is 4.79 Å². The van der Waals surface area contributed by atoms with Crippen molar-refractivity contribution in [2.45, 2.75) is 13.0 Å². The molecule has 0 saturated carbocycles. The molecule has 0 aliphatic rings. The van der Waals surface area contributed by atoms with E-state index in [1.165, 1.54) is 6.20 Å². The van der Waals surface area contributed by atoms with Gasteiger partial charge >= 0.3 is 0 Å². The number of rotatable bonds is 3. The van der Waals surface area contributed by atoms with E-state index in [9.17, 15) is 4.79 Å². The van der Waals surface area contributed by atoms with Crippen LogP contribution in [0.2, 0.25) is 0 Å². The Morgan fingerprint density at radius 3 is 2.83 bits per heavy atom. The lowest BCUT2D eigenvalue weighted by atomic mass is 10.3. The molecule has 1 unspecified atom stereocenters. The SMILES string of the molecule is C#CC(C)NC(=O)c1cnn(-c2ccccc2)c1. The van der Waals surface area contributed by atoms with Crippen molar-refractivity contribution in [3.63, 3.8) is 0 Å². The van der Waals surface area contributed by atoms with E-state index in [1.807, 2.05) is 30.3 Å². The highest BCUT2D eigenvalue weighted by Gasteiger charge is 2.10. The average Bonchev–Trinajstić information content (AvgIpc) is 2.89. The molecule has 0 aliphatic carbocycles. The van der Waals surface area contributed by atoms with Crippen molar-refractivity contribution >= 4 is 5.91 Å². The Labute approximate surface area is 106 Å². The summed E-state index contributed by atoms with van der Waals surface area (Å²) in [5.41, 5.74) is 1.39. The molecule has 1 aromatic heterocycles. The molecular weight excluding hydrogens is 226 g/mol. The fourth-order valence-corrected chi connectivity index (χ4v) is 1.48. The van der Waals surface area contributed by atoms with E-state index in [4.69, 9.17) is 6.42 Å². The number of carbonyl (C=O) groups excluding carboxylic acids is 1. The van der Waals surface area contributed by atoms with Crippen LogP contribution in [-0.4, -0.2) is 21.7 Å². The Bertz CT molecular complexity index is 581. The third-order valence-corrected chi connectivity index (χ3v) is 2.46. The van der Waals surface area contributed by atoms with Gasteiger partial charge in [-0.2, -0.15) is 5.10 Å². The first-order valence-corrected chi connectivity index (χ1v) is 5.58. The Morgan fingerprint density at radius 2 is 2.17 bits per heavy atom. The van der Waals surface area contributed by atoms with Crippen molar-refractivity contribution in [3.8, 4) is 18.0 Å². The summed E-state index contributed by atoms with van der Waals surface area (Å²) in [4.78, 5) is 11.8. The fraction of sp³-hybridized carbons (Fsp3) is 0.143. The van der Waals surface area contributed by atoms with Gasteiger partial charge in [-0.05, 0) is 19.1 Å². The number of carbonyl (C=O) groups is 1. The van der Waals surface area contributed by atoms with E-state index < -0.39 is 0 Å². The highest BCUT2D eigenvalue weighted by molar-refractivity contribution is 5.94. The lowest BCUT2D eigenvalue weighted by molar-refractivity contribution is 0.0948. The summed E-state index contributed by atoms with van der Waals surface area (Å²) in [6.45, 7) is 1.75. The predicted molar refractivity (Wildman–Crippen MR) is 69.3 cm³/mol. The number of hydrogen-bond acceptors (Lipinski definition) is 2. The van der Waals surface area contributed by atoms with Crippen LogP contribution in [0.25, 0.3) is 5.69 Å². The molecule has 0 aliphatic heterocycles. The summed E-state index contributed by atoms with van der Waals surface area (Å²) < 4.78 is 1.65. The molecule has 4 nitrogen and oxygen atoms in total. The van der Waals surface area contributed by atoms with Gasteiger partial charge in [0.1, 0.15) is 0 Å². The number of nitrogens with zero attached hydrogens (tertiary/aromatic N) is 2. The molecule has 90 valence electrons. The molecule has 1 heterocycles. The zero-order chi connectivity index (χ0) is 13.0. The van der Waals surface area contributed by atoms with Crippen molar-refractivity contribution in [2.24, 2.45) is 0 Å². The quantitative estimate of drug-likeness (QED) is 0.827. The second kappa shape index (κ2) is 5.19. The minimum absolute atomic E-state index is 0.220. The summed E-state index contributed by atoms with van der Waals surface area (Å²) >= 11 is 0. The van der Waals surface area contributed by atoms with Crippen molar-refractivity contribution in [1.29, 1.82) is 0 Å². The van der Waals surface area contributed by atoms with Crippen molar-refractivity contribution in [3.05, 3.63) is 48.3 Å². The van der Waals surface area contributed by atoms with Crippen LogP contribution in [0, 0.1) is 12.3 Å². The highest BCUT2D eigenvalue weighted by atomic mass is 16.1. The molecular formula is C14H13N3O. The number of nitrogens with one attached hydrogen (secondary N) is 1. The molecule has 18 heavy (non-hydrogen) atoms. The van der Waals surface area contributed by atoms with Gasteiger partial charge in [-0.1, -0.05) is 24.1 Å². The van der Waals surface area contributed by atoms with Crippen LogP contribution in [0.5, 0.6) is 0 Å². The maximum atomic E-state index is 11.8. The van der Waals surface area contributed by atoms with E-state index in [0.717, 1.165) is 5.69 Å². The number of hydrogen-bond donors (Lipinski definition) is 1. The van der Waals surface area contributed by atoms with Gasteiger partial charge in [-0.25, -0.2) is 4.68 Å². The minimum atomic E-state index is -0.294. The van der Waals surface area contributed by atoms with Gasteiger partial charge in [0.2, 0.25) is 0 Å². The van der Waals surface area contributed by atoms with Gasteiger partial charge < -0.3 is 5.32 Å². The number of benzene rings is 1. The number of amides is 1. The van der Waals surface area contributed by atoms with Crippen LogP contribution in [0.1, 0.15) is 17.3 Å². The Balaban J connectivity index is 2.17. The Kier molecular flexibility index (Phi) is 3.44. The summed E-state index contributed by atoms with van der Waals surface area (Å²) in [5.74, 6) is 2.23. The first kappa shape index (κ1) is 11.9. The zero-order valence-corrected chi connectivity index (χ0v) is 10.00. The molecule has 4 heteroatoms. The molecule has 0 spiro atoms. The number of para-hydroxylation sites is 1. The number of terminal acetylenes is 1. The molecule has 0 bridgehead atoms. The molecule has 2 rings (SSSR count). The third-order valence-electron chi connectivity index (χ3n) is 2.46. The second-order valence-electron chi connectivity index (χ2n) is 3.87. The zero-order valence-electron chi connectivity index (χ0n) is 10.00. The smallest absolute Gasteiger partial charge is 0.255 e. The topological polar surface area (TPSA) is 46.9 Å². The molecule has 2 aromatic rings. The second-order valence-corrected chi connectivity index (χ2v) is 3.87. The van der Waals surface area contributed by atoms with Gasteiger partial charge in [0.15, 0.2) is 0 Å². The van der Waals surface area contributed by atoms with Crippen LogP contribution in [0.15, 0.2) is 42.7 Å². The largest absolute Gasteiger partial charge is 0.339 e. The normalized spacial score (nSPS) is 11.6. The molecule has 0 fully saturated rings. The molecule has 1 amide bonds. The first-order valence-electron chi connectivity index (χ1n) is 5.58. The van der Waals surface area contributed by atoms with Crippen LogP contribution in [0.3, 0.4) is 0 Å². The molecule has 0 saturated heterocycles. The van der Waals surface area contributed by atoms with E-state index in [1.54, 1.807) is 17.8 Å². The fourth-order valence-electron chi connectivity index (χ4n) is 1.48. The molecule has 0 radical (unpaired) electrons. The first-order chi connectivity index (χ1) is 8.70.